The van der Waals surface area contributed by atoms with Crippen LogP contribution in [0, 0.1) is 3.90 Å². The second kappa shape index (κ2) is 3.18. The zero-order valence-electron chi connectivity index (χ0n) is 5.94. The summed E-state index contributed by atoms with van der Waals surface area (Å²) in [6.07, 6.45) is 3.38. The maximum atomic E-state index is 5.19. The first-order chi connectivity index (χ1) is 5.86. The lowest BCUT2D eigenvalue weighted by Gasteiger charge is -1.89. The van der Waals surface area contributed by atoms with Crippen molar-refractivity contribution in [3.05, 3.63) is 28.4 Å². The molecule has 0 aliphatic heterocycles. The third kappa shape index (κ3) is 1.45. The number of hydrogen-bond acceptors (Lipinski definition) is 4. The Morgan fingerprint density at radius 2 is 2.25 bits per heavy atom. The SMILES string of the molecule is Ic1nnc(-c2cccnc2)o1. The molecule has 0 fully saturated rings. The largest absolute Gasteiger partial charge is 0.412 e. The molecule has 5 heteroatoms. The average molecular weight is 273 g/mol. The van der Waals surface area contributed by atoms with Crippen LogP contribution in [0.25, 0.3) is 11.5 Å². The molecule has 0 bridgehead atoms. The smallest absolute Gasteiger partial charge is 0.278 e. The van der Waals surface area contributed by atoms with Gasteiger partial charge < -0.3 is 4.42 Å². The minimum atomic E-state index is 0.507. The normalized spacial score (nSPS) is 10.1. The number of halogens is 1. The molecule has 2 aromatic heterocycles. The summed E-state index contributed by atoms with van der Waals surface area (Å²) in [6.45, 7) is 0. The van der Waals surface area contributed by atoms with Crippen molar-refractivity contribution in [1.29, 1.82) is 0 Å². The molecule has 0 amide bonds. The maximum Gasteiger partial charge on any atom is 0.278 e. The van der Waals surface area contributed by atoms with Crippen LogP contribution in [0.4, 0.5) is 0 Å². The van der Waals surface area contributed by atoms with Crippen molar-refractivity contribution in [3.63, 3.8) is 0 Å². The van der Waals surface area contributed by atoms with Crippen molar-refractivity contribution >= 4 is 22.6 Å². The highest BCUT2D eigenvalue weighted by molar-refractivity contribution is 14.1. The summed E-state index contributed by atoms with van der Waals surface area (Å²) in [7, 11) is 0. The topological polar surface area (TPSA) is 51.8 Å². The van der Waals surface area contributed by atoms with Crippen LogP contribution >= 0.6 is 22.6 Å². The Bertz CT molecular complexity index is 373. The van der Waals surface area contributed by atoms with E-state index in [9.17, 15) is 0 Å². The molecule has 0 spiro atoms. The molecule has 0 N–H and O–H groups in total. The second-order valence-electron chi connectivity index (χ2n) is 2.10. The molecule has 60 valence electrons. The van der Waals surface area contributed by atoms with Crippen LogP contribution < -0.4 is 0 Å². The zero-order chi connectivity index (χ0) is 8.39. The number of hydrogen-bond donors (Lipinski definition) is 0. The summed E-state index contributed by atoms with van der Waals surface area (Å²) < 4.78 is 5.73. The highest BCUT2D eigenvalue weighted by Crippen LogP contribution is 2.16. The Balaban J connectivity index is 2.45. The Labute approximate surface area is 82.2 Å². The summed E-state index contributed by atoms with van der Waals surface area (Å²) >= 11 is 1.97. The molecule has 2 rings (SSSR count). The van der Waals surface area contributed by atoms with E-state index in [1.165, 1.54) is 0 Å². The molecule has 12 heavy (non-hydrogen) atoms. The summed E-state index contributed by atoms with van der Waals surface area (Å²) in [4.78, 5) is 3.94. The molecular formula is C7H4IN3O. The maximum absolute atomic E-state index is 5.19. The van der Waals surface area contributed by atoms with E-state index < -0.39 is 0 Å². The Morgan fingerprint density at radius 1 is 1.33 bits per heavy atom. The van der Waals surface area contributed by atoms with Gasteiger partial charge in [0.2, 0.25) is 5.89 Å². The van der Waals surface area contributed by atoms with Crippen molar-refractivity contribution in [2.75, 3.05) is 0 Å². The van der Waals surface area contributed by atoms with E-state index in [2.05, 4.69) is 15.2 Å². The lowest BCUT2D eigenvalue weighted by atomic mass is 10.3. The van der Waals surface area contributed by atoms with Gasteiger partial charge in [-0.3, -0.25) is 4.98 Å². The van der Waals surface area contributed by atoms with Crippen LogP contribution in [-0.4, -0.2) is 15.2 Å². The highest BCUT2D eigenvalue weighted by atomic mass is 127. The molecule has 0 saturated heterocycles. The summed E-state index contributed by atoms with van der Waals surface area (Å²) in [5.74, 6) is 0.507. The van der Waals surface area contributed by atoms with Crippen molar-refractivity contribution in [1.82, 2.24) is 15.2 Å². The van der Waals surface area contributed by atoms with Gasteiger partial charge in [0.1, 0.15) is 0 Å². The van der Waals surface area contributed by atoms with E-state index >= 15 is 0 Å². The fraction of sp³-hybridized carbons (Fsp3) is 0. The lowest BCUT2D eigenvalue weighted by Crippen LogP contribution is -1.77. The minimum Gasteiger partial charge on any atom is -0.412 e. The molecule has 0 aromatic carbocycles. The van der Waals surface area contributed by atoms with E-state index in [-0.39, 0.29) is 0 Å². The minimum absolute atomic E-state index is 0.507. The third-order valence-electron chi connectivity index (χ3n) is 1.31. The van der Waals surface area contributed by atoms with Gasteiger partial charge in [-0.2, -0.15) is 0 Å². The van der Waals surface area contributed by atoms with Gasteiger partial charge in [-0.25, -0.2) is 0 Å². The standard InChI is InChI=1S/C7H4IN3O/c8-7-11-10-6(12-7)5-2-1-3-9-4-5/h1-4H. The van der Waals surface area contributed by atoms with Crippen molar-refractivity contribution in [3.8, 4) is 11.5 Å². The van der Waals surface area contributed by atoms with E-state index in [1.54, 1.807) is 12.4 Å². The quantitative estimate of drug-likeness (QED) is 0.742. The third-order valence-corrected chi connectivity index (χ3v) is 1.74. The van der Waals surface area contributed by atoms with E-state index in [4.69, 9.17) is 4.42 Å². The summed E-state index contributed by atoms with van der Waals surface area (Å²) in [5, 5.41) is 7.56. The molecular weight excluding hydrogens is 269 g/mol. The molecule has 4 nitrogen and oxygen atoms in total. The summed E-state index contributed by atoms with van der Waals surface area (Å²) in [5.41, 5.74) is 0.841. The van der Waals surface area contributed by atoms with Crippen molar-refractivity contribution < 1.29 is 4.42 Å². The lowest BCUT2D eigenvalue weighted by molar-refractivity contribution is 0.536. The predicted octanol–water partition coefficient (Wildman–Crippen LogP) is 1.74. The van der Waals surface area contributed by atoms with E-state index in [0.29, 0.717) is 9.79 Å². The molecule has 0 aliphatic carbocycles. The zero-order valence-corrected chi connectivity index (χ0v) is 8.09. The van der Waals surface area contributed by atoms with Crippen molar-refractivity contribution in [2.24, 2.45) is 0 Å². The Hall–Kier alpha value is -0.980. The second-order valence-corrected chi connectivity index (χ2v) is 3.02. The van der Waals surface area contributed by atoms with Crippen LogP contribution in [0.1, 0.15) is 0 Å². The van der Waals surface area contributed by atoms with Crippen LogP contribution in [-0.2, 0) is 0 Å². The molecule has 2 aromatic rings. The molecule has 0 saturated carbocycles. The first-order valence-electron chi connectivity index (χ1n) is 3.25. The van der Waals surface area contributed by atoms with Crippen LogP contribution in [0.15, 0.2) is 28.9 Å². The van der Waals surface area contributed by atoms with Crippen LogP contribution in [0.2, 0.25) is 0 Å². The molecule has 0 radical (unpaired) electrons. The first kappa shape index (κ1) is 7.66. The molecule has 2 heterocycles. The number of aromatic nitrogens is 3. The fourth-order valence-corrected chi connectivity index (χ4v) is 1.13. The van der Waals surface area contributed by atoms with Crippen molar-refractivity contribution in [2.45, 2.75) is 0 Å². The number of nitrogens with zero attached hydrogens (tertiary/aromatic N) is 3. The van der Waals surface area contributed by atoms with Crippen LogP contribution in [0.5, 0.6) is 0 Å². The Morgan fingerprint density at radius 3 is 2.83 bits per heavy atom. The van der Waals surface area contributed by atoms with Crippen LogP contribution in [0.3, 0.4) is 0 Å². The summed E-state index contributed by atoms with van der Waals surface area (Å²) in [6, 6.07) is 3.70. The van der Waals surface area contributed by atoms with Gasteiger partial charge in [0, 0.05) is 35.0 Å². The van der Waals surface area contributed by atoms with E-state index in [1.807, 2.05) is 34.7 Å². The number of rotatable bonds is 1. The van der Waals surface area contributed by atoms with Gasteiger partial charge >= 0.3 is 0 Å². The fourth-order valence-electron chi connectivity index (χ4n) is 0.811. The van der Waals surface area contributed by atoms with E-state index in [0.717, 1.165) is 5.56 Å². The van der Waals surface area contributed by atoms with Gasteiger partial charge in [-0.05, 0) is 12.1 Å². The molecule has 0 atom stereocenters. The Kier molecular flexibility index (Phi) is 2.03. The predicted molar refractivity (Wildman–Crippen MR) is 50.2 cm³/mol. The van der Waals surface area contributed by atoms with Gasteiger partial charge in [-0.1, -0.05) is 0 Å². The van der Waals surface area contributed by atoms with Gasteiger partial charge in [-0.15, -0.1) is 10.2 Å². The van der Waals surface area contributed by atoms with Gasteiger partial charge in [0.15, 0.2) is 0 Å². The highest BCUT2D eigenvalue weighted by Gasteiger charge is 2.04. The first-order valence-corrected chi connectivity index (χ1v) is 4.33. The number of pyridine rings is 1. The molecule has 0 aliphatic rings. The molecule has 0 unspecified atom stereocenters. The van der Waals surface area contributed by atoms with Gasteiger partial charge in [0.05, 0.1) is 5.56 Å². The van der Waals surface area contributed by atoms with Gasteiger partial charge in [0.25, 0.3) is 3.90 Å². The average Bonchev–Trinajstić information content (AvgIpc) is 2.54. The monoisotopic (exact) mass is 273 g/mol.